The van der Waals surface area contributed by atoms with E-state index in [1.54, 1.807) is 0 Å². The molecule has 29 heavy (non-hydrogen) atoms. The zero-order chi connectivity index (χ0) is 20.2. The Bertz CT molecular complexity index is 662. The molecule has 8 atom stereocenters. The minimum Gasteiger partial charge on any atom is -0.393 e. The van der Waals surface area contributed by atoms with E-state index >= 15 is 0 Å². The van der Waals surface area contributed by atoms with Gasteiger partial charge in [-0.25, -0.2) is 28.9 Å². The normalized spacial score (nSPS) is 52.0. The second-order valence-electron chi connectivity index (χ2n) is 10.2. The maximum absolute atomic E-state index is 10.3. The van der Waals surface area contributed by atoms with Crippen LogP contribution in [-0.2, 0) is 9.78 Å². The van der Waals surface area contributed by atoms with E-state index in [0.29, 0.717) is 29.6 Å². The molecule has 3 nitrogen and oxygen atoms in total. The zero-order valence-electron chi connectivity index (χ0n) is 18.8. The van der Waals surface area contributed by atoms with Crippen LogP contribution in [0.1, 0.15) is 79.1 Å². The van der Waals surface area contributed by atoms with Crippen LogP contribution in [0.5, 0.6) is 0 Å². The maximum atomic E-state index is 10.3. The minimum absolute atomic E-state index is 0. The summed E-state index contributed by atoms with van der Waals surface area (Å²) < 4.78 is 0. The van der Waals surface area contributed by atoms with E-state index in [2.05, 4.69) is 39.0 Å². The summed E-state index contributed by atoms with van der Waals surface area (Å²) in [5, 5.41) is 10.3. The Kier molecular flexibility index (Phi) is 7.11. The van der Waals surface area contributed by atoms with E-state index in [1.165, 1.54) is 25.7 Å². The van der Waals surface area contributed by atoms with Gasteiger partial charge in [0.15, 0.2) is 0 Å². The predicted octanol–water partition coefficient (Wildman–Crippen LogP) is 5.80. The molecule has 161 valence electrons. The summed E-state index contributed by atoms with van der Waals surface area (Å²) in [6, 6.07) is 0. The number of hydrogen-bond donors (Lipinski definition) is 1. The molecule has 1 N–H and O–H groups in total. The van der Waals surface area contributed by atoms with Gasteiger partial charge in [0.2, 0.25) is 0 Å². The van der Waals surface area contributed by atoms with Gasteiger partial charge in [-0.1, -0.05) is 46.6 Å². The van der Waals surface area contributed by atoms with E-state index in [-0.39, 0.29) is 58.4 Å². The van der Waals surface area contributed by atoms with Crippen molar-refractivity contribution < 1.29 is 56.2 Å². The van der Waals surface area contributed by atoms with Gasteiger partial charge >= 0.3 is 0 Å². The monoisotopic (exact) mass is 528 g/mol. The smallest absolute Gasteiger partial charge is 0.130 e. The Balaban J connectivity index is 0.000000778. The van der Waals surface area contributed by atoms with E-state index < -0.39 is 5.60 Å². The molecular weight excluding hydrogens is 489 g/mol. The van der Waals surface area contributed by atoms with Crippen LogP contribution in [0.3, 0.4) is 0 Å². The average molecular weight is 528 g/mol. The van der Waals surface area contributed by atoms with Crippen LogP contribution in [0.15, 0.2) is 24.3 Å². The van der Waals surface area contributed by atoms with Crippen molar-refractivity contribution in [3.05, 3.63) is 31.2 Å². The van der Waals surface area contributed by atoms with Gasteiger partial charge in [-0.2, -0.15) is 0 Å². The molecule has 0 aromatic rings. The molecule has 2 aliphatic heterocycles. The van der Waals surface area contributed by atoms with Crippen LogP contribution < -0.4 is 0 Å². The molecule has 2 spiro atoms. The summed E-state index contributed by atoms with van der Waals surface area (Å²) in [4.78, 5) is 12.5. The van der Waals surface area contributed by atoms with Crippen molar-refractivity contribution in [2.45, 2.75) is 96.4 Å². The Hall–Kier alpha value is 0.594. The Labute approximate surface area is 211 Å². The van der Waals surface area contributed by atoms with Crippen molar-refractivity contribution in [3.8, 4) is 0 Å². The quantitative estimate of drug-likeness (QED) is 0.280. The molecule has 4 heteroatoms. The van der Waals surface area contributed by atoms with Gasteiger partial charge in [-0.3, -0.25) is 0 Å². The molecular formula is C25H39O3Pr-. The molecule has 0 amide bonds. The fourth-order valence-corrected chi connectivity index (χ4v) is 7.85. The fraction of sp³-hybridized carbons (Fsp3) is 0.800. The summed E-state index contributed by atoms with van der Waals surface area (Å²) in [7, 11) is 0. The third-order valence-corrected chi connectivity index (χ3v) is 9.40. The number of aliphatic hydroxyl groups excluding tert-OH is 1. The van der Waals surface area contributed by atoms with Crippen LogP contribution in [0, 0.1) is 76.8 Å². The first kappa shape index (κ1) is 24.2. The van der Waals surface area contributed by atoms with Crippen LogP contribution in [-0.4, -0.2) is 22.4 Å². The predicted molar refractivity (Wildman–Crippen MR) is 112 cm³/mol. The molecule has 3 saturated carbocycles. The van der Waals surface area contributed by atoms with E-state index in [0.717, 1.165) is 19.3 Å². The first-order valence-corrected chi connectivity index (χ1v) is 11.6. The SMILES string of the molecule is CC.[CH2-]/C=C/CC1CCC2C1(C)CCC1C3(C)CCC(O)C[C@]34C=C[C@]21OO4.[Pr]. The summed E-state index contributed by atoms with van der Waals surface area (Å²) in [5.74, 6) is 1.74. The number of fused-ring (bicyclic) bond motifs is 2. The van der Waals surface area contributed by atoms with Gasteiger partial charge in [0, 0.05) is 65.0 Å². The van der Waals surface area contributed by atoms with Gasteiger partial charge in [-0.15, -0.1) is 0 Å². The van der Waals surface area contributed by atoms with Crippen molar-refractivity contribution in [2.24, 2.45) is 28.6 Å². The van der Waals surface area contributed by atoms with Crippen LogP contribution >= 0.6 is 0 Å². The molecule has 6 unspecified atom stereocenters. The van der Waals surface area contributed by atoms with Crippen molar-refractivity contribution in [1.29, 1.82) is 0 Å². The second kappa shape index (κ2) is 8.51. The molecule has 4 fully saturated rings. The largest absolute Gasteiger partial charge is 0.393 e. The van der Waals surface area contributed by atoms with Gasteiger partial charge in [0.1, 0.15) is 11.2 Å². The molecule has 6 aliphatic rings. The van der Waals surface area contributed by atoms with Gasteiger partial charge in [0.25, 0.3) is 0 Å². The maximum Gasteiger partial charge on any atom is 0.130 e. The zero-order valence-corrected chi connectivity index (χ0v) is 22.5. The second-order valence-corrected chi connectivity index (χ2v) is 10.2. The summed E-state index contributed by atoms with van der Waals surface area (Å²) in [6.45, 7) is 12.8. The summed E-state index contributed by atoms with van der Waals surface area (Å²) >= 11 is 0. The number of rotatable bonds is 2. The first-order valence-electron chi connectivity index (χ1n) is 11.6. The van der Waals surface area contributed by atoms with Crippen molar-refractivity contribution in [1.82, 2.24) is 0 Å². The van der Waals surface area contributed by atoms with Crippen molar-refractivity contribution in [2.75, 3.05) is 0 Å². The molecule has 0 aromatic heterocycles. The third kappa shape index (κ3) is 3.19. The molecule has 2 heterocycles. The molecule has 6 rings (SSSR count). The first-order chi connectivity index (χ1) is 13.4. The number of hydrogen-bond acceptors (Lipinski definition) is 3. The minimum atomic E-state index is -0.431. The third-order valence-electron chi connectivity index (χ3n) is 9.40. The van der Waals surface area contributed by atoms with Gasteiger partial charge in [0.05, 0.1) is 6.10 Å². The molecule has 4 aliphatic carbocycles. The molecule has 2 bridgehead atoms. The van der Waals surface area contributed by atoms with Gasteiger partial charge < -0.3 is 5.11 Å². The Morgan fingerprint density at radius 2 is 1.79 bits per heavy atom. The molecule has 0 aromatic carbocycles. The summed E-state index contributed by atoms with van der Waals surface area (Å²) in [6.07, 6.45) is 17.3. The van der Waals surface area contributed by atoms with Gasteiger partial charge in [-0.05, 0) is 49.5 Å². The van der Waals surface area contributed by atoms with E-state index in [1.807, 2.05) is 19.9 Å². The fourth-order valence-electron chi connectivity index (χ4n) is 7.85. The molecule has 1 saturated heterocycles. The van der Waals surface area contributed by atoms with Crippen LogP contribution in [0.4, 0.5) is 0 Å². The van der Waals surface area contributed by atoms with Crippen LogP contribution in [0.25, 0.3) is 0 Å². The van der Waals surface area contributed by atoms with E-state index in [9.17, 15) is 5.11 Å². The topological polar surface area (TPSA) is 38.7 Å². The Morgan fingerprint density at radius 1 is 1.03 bits per heavy atom. The summed E-state index contributed by atoms with van der Waals surface area (Å²) in [5.41, 5.74) is -0.314. The Morgan fingerprint density at radius 3 is 2.45 bits per heavy atom. The van der Waals surface area contributed by atoms with Crippen molar-refractivity contribution >= 4 is 0 Å². The molecule has 1 radical (unpaired) electrons. The average Bonchev–Trinajstić information content (AvgIpc) is 3.05. The van der Waals surface area contributed by atoms with E-state index in [4.69, 9.17) is 9.78 Å². The standard InChI is InChI=1S/C23H33O3.C2H6.Pr/c1-4-5-6-16-7-8-18-20(16,2)11-10-19-21(3)12-9-17(24)15-22(21)13-14-23(18,19)26-25-22;1-2;/h4-5,13-14,16-19,24H,1,6-12,15H2,2-3H3;1-2H3;/q-1;;/b5-4+;;/t16?,17?,18?,19?,20?,21?,22-,23+;;/m1../s1. The van der Waals surface area contributed by atoms with Crippen molar-refractivity contribution in [3.63, 3.8) is 0 Å². The number of allylic oxidation sites excluding steroid dienone is 2. The number of aliphatic hydroxyl groups is 1. The van der Waals surface area contributed by atoms with Crippen LogP contribution in [0.2, 0.25) is 0 Å².